The number of hydrogen-bond acceptors (Lipinski definition) is 5. The fourth-order valence-electron chi connectivity index (χ4n) is 3.53. The second-order valence-electron chi connectivity index (χ2n) is 6.77. The summed E-state index contributed by atoms with van der Waals surface area (Å²) in [4.78, 5) is 15.7. The number of nitrogens with zero attached hydrogens (tertiary/aromatic N) is 3. The van der Waals surface area contributed by atoms with Crippen molar-refractivity contribution in [2.75, 3.05) is 17.7 Å². The molecule has 2 heterocycles. The molecule has 0 aliphatic rings. The summed E-state index contributed by atoms with van der Waals surface area (Å²) in [6, 6.07) is 8.29. The number of fused-ring (bicyclic) bond motifs is 1. The largest absolute Gasteiger partial charge is 0.387 e. The molecular weight excluding hydrogens is 391 g/mol. The molecule has 29 heavy (non-hydrogen) atoms. The highest BCUT2D eigenvalue weighted by atomic mass is 35.5. The average molecular weight is 411 g/mol. The van der Waals surface area contributed by atoms with Crippen molar-refractivity contribution in [3.63, 3.8) is 0 Å². The zero-order valence-corrected chi connectivity index (χ0v) is 17.0. The van der Waals surface area contributed by atoms with Crippen LogP contribution in [0.5, 0.6) is 0 Å². The third-order valence-electron chi connectivity index (χ3n) is 4.96. The summed E-state index contributed by atoms with van der Waals surface area (Å²) in [7, 11) is 1.84. The fraction of sp³-hybridized carbons (Fsp3) is 0.190. The number of imidazole rings is 1. The Kier molecular flexibility index (Phi) is 5.07. The van der Waals surface area contributed by atoms with Crippen molar-refractivity contribution >= 4 is 34.3 Å². The van der Waals surface area contributed by atoms with Crippen LogP contribution in [0.4, 0.5) is 15.9 Å². The van der Waals surface area contributed by atoms with Crippen molar-refractivity contribution in [1.82, 2.24) is 19.9 Å². The van der Waals surface area contributed by atoms with Gasteiger partial charge in [-0.3, -0.25) is 0 Å². The molecule has 1 unspecified atom stereocenters. The van der Waals surface area contributed by atoms with Crippen molar-refractivity contribution < 1.29 is 4.39 Å². The highest BCUT2D eigenvalue weighted by molar-refractivity contribution is 6.32. The summed E-state index contributed by atoms with van der Waals surface area (Å²) < 4.78 is 14.0. The molecule has 0 amide bonds. The predicted octanol–water partition coefficient (Wildman–Crippen LogP) is 5.34. The molecule has 0 aliphatic heterocycles. The molecule has 2 aromatic heterocycles. The van der Waals surface area contributed by atoms with Gasteiger partial charge in [0.2, 0.25) is 0 Å². The van der Waals surface area contributed by atoms with Crippen LogP contribution in [-0.2, 0) is 0 Å². The minimum absolute atomic E-state index is 0.181. The molecule has 0 aliphatic carbocycles. The van der Waals surface area contributed by atoms with E-state index in [0.29, 0.717) is 16.5 Å². The highest BCUT2D eigenvalue weighted by Crippen LogP contribution is 2.41. The van der Waals surface area contributed by atoms with Crippen LogP contribution in [0, 0.1) is 12.7 Å². The molecule has 4 aromatic rings. The summed E-state index contributed by atoms with van der Waals surface area (Å²) in [5.41, 5.74) is 5.65. The zero-order valence-electron chi connectivity index (χ0n) is 16.2. The Labute approximate surface area is 172 Å². The molecule has 1 atom stereocenters. The lowest BCUT2D eigenvalue weighted by Gasteiger charge is -2.24. The van der Waals surface area contributed by atoms with Crippen LogP contribution in [0.15, 0.2) is 43.0 Å². The number of aromatic nitrogens is 4. The topological polar surface area (TPSA) is 78.5 Å². The minimum Gasteiger partial charge on any atom is -0.387 e. The summed E-state index contributed by atoms with van der Waals surface area (Å²) in [5, 5.41) is 7.27. The van der Waals surface area contributed by atoms with Gasteiger partial charge in [0.25, 0.3) is 0 Å². The van der Waals surface area contributed by atoms with E-state index in [1.54, 1.807) is 12.4 Å². The van der Waals surface area contributed by atoms with Crippen LogP contribution in [0.3, 0.4) is 0 Å². The molecule has 0 spiro atoms. The second-order valence-corrected chi connectivity index (χ2v) is 7.18. The molecule has 0 radical (unpaired) electrons. The van der Waals surface area contributed by atoms with Crippen LogP contribution in [0.25, 0.3) is 22.3 Å². The van der Waals surface area contributed by atoms with Crippen LogP contribution < -0.4 is 10.6 Å². The maximum absolute atomic E-state index is 14.0. The number of nitrogens with one attached hydrogen (secondary N) is 3. The van der Waals surface area contributed by atoms with Crippen molar-refractivity contribution in [3.05, 3.63) is 65.0 Å². The van der Waals surface area contributed by atoms with Crippen LogP contribution >= 0.6 is 11.6 Å². The van der Waals surface area contributed by atoms with Gasteiger partial charge in [-0.2, -0.15) is 0 Å². The molecular formula is C21H20ClFN6. The van der Waals surface area contributed by atoms with Gasteiger partial charge < -0.3 is 15.6 Å². The number of aromatic amines is 1. The van der Waals surface area contributed by atoms with E-state index in [-0.39, 0.29) is 11.9 Å². The van der Waals surface area contributed by atoms with Gasteiger partial charge in [-0.1, -0.05) is 23.7 Å². The van der Waals surface area contributed by atoms with Gasteiger partial charge in [0.1, 0.15) is 17.7 Å². The van der Waals surface area contributed by atoms with E-state index >= 15 is 0 Å². The third kappa shape index (κ3) is 3.49. The first-order valence-corrected chi connectivity index (χ1v) is 9.54. The monoisotopic (exact) mass is 410 g/mol. The normalized spacial score (nSPS) is 12.2. The molecule has 6 nitrogen and oxygen atoms in total. The Balaban J connectivity index is 1.86. The van der Waals surface area contributed by atoms with Gasteiger partial charge in [0.05, 0.1) is 12.4 Å². The predicted molar refractivity (Wildman–Crippen MR) is 115 cm³/mol. The standard InChI is InChI=1S/C21H20ClFN6/c1-11-16(22)8-15(17(18(11)24-3)13-5-4-6-14(23)7-13)12(2)29-21-19-20(26-9-25-19)27-10-28-21/h4-10,12,24H,1-3H3,(H2,25,26,27,28,29). The Morgan fingerprint density at radius 3 is 2.76 bits per heavy atom. The Morgan fingerprint density at radius 1 is 1.17 bits per heavy atom. The zero-order chi connectivity index (χ0) is 20.5. The molecule has 4 rings (SSSR count). The highest BCUT2D eigenvalue weighted by Gasteiger charge is 2.21. The second kappa shape index (κ2) is 7.67. The molecule has 3 N–H and O–H groups in total. The van der Waals surface area contributed by atoms with Crippen molar-refractivity contribution in [2.45, 2.75) is 19.9 Å². The Morgan fingerprint density at radius 2 is 2.00 bits per heavy atom. The Hall–Kier alpha value is -3.19. The molecule has 2 aromatic carbocycles. The van der Waals surface area contributed by atoms with E-state index < -0.39 is 0 Å². The maximum atomic E-state index is 14.0. The molecule has 8 heteroatoms. The summed E-state index contributed by atoms with van der Waals surface area (Å²) in [5.74, 6) is 0.339. The average Bonchev–Trinajstić information content (AvgIpc) is 3.19. The van der Waals surface area contributed by atoms with Crippen molar-refractivity contribution in [1.29, 1.82) is 0 Å². The summed E-state index contributed by atoms with van der Waals surface area (Å²) >= 11 is 6.53. The molecule has 0 saturated heterocycles. The molecule has 0 bridgehead atoms. The van der Waals surface area contributed by atoms with Crippen LogP contribution in [0.2, 0.25) is 5.02 Å². The summed E-state index contributed by atoms with van der Waals surface area (Å²) in [6.45, 7) is 3.95. The van der Waals surface area contributed by atoms with Gasteiger partial charge in [-0.05, 0) is 48.7 Å². The smallest absolute Gasteiger partial charge is 0.182 e. The van der Waals surface area contributed by atoms with Crippen LogP contribution in [0.1, 0.15) is 24.1 Å². The number of halogens is 2. The summed E-state index contributed by atoms with van der Waals surface area (Å²) in [6.07, 6.45) is 3.04. The van der Waals surface area contributed by atoms with Crippen LogP contribution in [-0.4, -0.2) is 27.0 Å². The first kappa shape index (κ1) is 19.1. The van der Waals surface area contributed by atoms with E-state index in [4.69, 9.17) is 11.6 Å². The van der Waals surface area contributed by atoms with Gasteiger partial charge in [0.15, 0.2) is 11.5 Å². The Bertz CT molecular complexity index is 1190. The lowest BCUT2D eigenvalue weighted by molar-refractivity contribution is 0.628. The SMILES string of the molecule is CNc1c(C)c(Cl)cc(C(C)Nc2ncnc3nc[nH]c23)c1-c1cccc(F)c1. The van der Waals surface area contributed by atoms with Crippen molar-refractivity contribution in [3.8, 4) is 11.1 Å². The van der Waals surface area contributed by atoms with Gasteiger partial charge in [-0.15, -0.1) is 0 Å². The van der Waals surface area contributed by atoms with Gasteiger partial charge in [-0.25, -0.2) is 19.3 Å². The van der Waals surface area contributed by atoms with E-state index in [2.05, 4.69) is 30.6 Å². The van der Waals surface area contributed by atoms with E-state index in [1.165, 1.54) is 18.5 Å². The van der Waals surface area contributed by atoms with E-state index in [0.717, 1.165) is 33.5 Å². The first-order valence-electron chi connectivity index (χ1n) is 9.17. The van der Waals surface area contributed by atoms with Crippen molar-refractivity contribution in [2.24, 2.45) is 0 Å². The van der Waals surface area contributed by atoms with E-state index in [1.807, 2.05) is 33.0 Å². The first-order chi connectivity index (χ1) is 14.0. The number of hydrogen-bond donors (Lipinski definition) is 3. The fourth-order valence-corrected chi connectivity index (χ4v) is 3.75. The van der Waals surface area contributed by atoms with E-state index in [9.17, 15) is 4.39 Å². The van der Waals surface area contributed by atoms with Gasteiger partial charge in [0, 0.05) is 23.3 Å². The third-order valence-corrected chi connectivity index (χ3v) is 5.35. The quantitative estimate of drug-likeness (QED) is 0.414. The molecule has 0 fully saturated rings. The van der Waals surface area contributed by atoms with Gasteiger partial charge >= 0.3 is 0 Å². The molecule has 148 valence electrons. The lowest BCUT2D eigenvalue weighted by Crippen LogP contribution is -2.12. The maximum Gasteiger partial charge on any atom is 0.182 e. The number of rotatable bonds is 5. The minimum atomic E-state index is -0.293. The number of anilines is 2. The number of benzene rings is 2. The number of H-pyrrole nitrogens is 1. The molecule has 0 saturated carbocycles. The lowest BCUT2D eigenvalue weighted by atomic mass is 9.91.